The number of hydrogen-bond acceptors (Lipinski definition) is 4. The van der Waals surface area contributed by atoms with Crippen LogP contribution in [0.2, 0.25) is 0 Å². The van der Waals surface area contributed by atoms with Crippen LogP contribution in [-0.4, -0.2) is 59.5 Å². The fraction of sp³-hybridized carbons (Fsp3) is 0.600. The molecule has 0 aromatic carbocycles. The van der Waals surface area contributed by atoms with E-state index in [1.54, 1.807) is 43.5 Å². The highest BCUT2D eigenvalue weighted by atomic mass is 32.2. The van der Waals surface area contributed by atoms with E-state index in [-0.39, 0.29) is 10.8 Å². The van der Waals surface area contributed by atoms with Crippen LogP contribution in [0.3, 0.4) is 0 Å². The smallest absolute Gasteiger partial charge is 0.246 e. The minimum atomic E-state index is -3.59. The molecule has 0 bridgehead atoms. The van der Waals surface area contributed by atoms with Crippen molar-refractivity contribution in [3.63, 3.8) is 0 Å². The van der Waals surface area contributed by atoms with Crippen molar-refractivity contribution in [3.05, 3.63) is 23.5 Å². The minimum absolute atomic E-state index is 0.0690. The first-order chi connectivity index (χ1) is 10.8. The summed E-state index contributed by atoms with van der Waals surface area (Å²) in [6.07, 6.45) is 3.84. The molecule has 128 valence electrons. The Morgan fingerprint density at radius 3 is 2.43 bits per heavy atom. The summed E-state index contributed by atoms with van der Waals surface area (Å²) in [5.74, 6) is -0.0690. The van der Waals surface area contributed by atoms with Gasteiger partial charge in [-0.05, 0) is 33.3 Å². The molecule has 7 nitrogen and oxygen atoms in total. The molecule has 1 aliphatic heterocycles. The highest BCUT2D eigenvalue weighted by Crippen LogP contribution is 2.24. The number of carbonyl (C=O) groups is 1. The molecule has 0 atom stereocenters. The fourth-order valence-corrected chi connectivity index (χ4v) is 4.73. The second-order valence-corrected chi connectivity index (χ2v) is 7.58. The van der Waals surface area contributed by atoms with Gasteiger partial charge in [-0.1, -0.05) is 6.08 Å². The number of allylic oxidation sites excluding steroid dienone is 1. The highest BCUT2D eigenvalue weighted by Gasteiger charge is 2.32. The zero-order valence-electron chi connectivity index (χ0n) is 14.1. The van der Waals surface area contributed by atoms with Crippen molar-refractivity contribution in [3.8, 4) is 0 Å². The molecule has 0 unspecified atom stereocenters. The van der Waals surface area contributed by atoms with Gasteiger partial charge in [0.25, 0.3) is 0 Å². The van der Waals surface area contributed by atoms with Gasteiger partial charge in [0.1, 0.15) is 4.90 Å². The van der Waals surface area contributed by atoms with E-state index in [0.29, 0.717) is 44.0 Å². The van der Waals surface area contributed by atoms with Gasteiger partial charge >= 0.3 is 0 Å². The minimum Gasteiger partial charge on any atom is -0.338 e. The number of aromatic nitrogens is 2. The molecular formula is C15H24N4O3S. The highest BCUT2D eigenvalue weighted by molar-refractivity contribution is 7.89. The zero-order chi connectivity index (χ0) is 17.2. The van der Waals surface area contributed by atoms with Crippen molar-refractivity contribution in [2.45, 2.75) is 32.1 Å². The van der Waals surface area contributed by atoms with E-state index in [0.717, 1.165) is 0 Å². The largest absolute Gasteiger partial charge is 0.338 e. The lowest BCUT2D eigenvalue weighted by atomic mass is 10.3. The lowest BCUT2D eigenvalue weighted by Gasteiger charge is -2.21. The predicted octanol–water partition coefficient (Wildman–Crippen LogP) is 0.836. The summed E-state index contributed by atoms with van der Waals surface area (Å²) < 4.78 is 29.0. The van der Waals surface area contributed by atoms with E-state index < -0.39 is 10.0 Å². The first-order valence-corrected chi connectivity index (χ1v) is 9.15. The Hall–Kier alpha value is -1.67. The average molecular weight is 340 g/mol. The van der Waals surface area contributed by atoms with Gasteiger partial charge in [0.05, 0.1) is 11.4 Å². The van der Waals surface area contributed by atoms with Crippen LogP contribution in [0, 0.1) is 13.8 Å². The van der Waals surface area contributed by atoms with Crippen molar-refractivity contribution in [2.24, 2.45) is 7.05 Å². The maximum atomic E-state index is 13.0. The third kappa shape index (κ3) is 3.48. The molecule has 1 aromatic heterocycles. The molecule has 0 radical (unpaired) electrons. The first-order valence-electron chi connectivity index (χ1n) is 7.71. The third-order valence-electron chi connectivity index (χ3n) is 4.12. The Kier molecular flexibility index (Phi) is 5.26. The number of hydrogen-bond donors (Lipinski definition) is 0. The van der Waals surface area contributed by atoms with E-state index in [2.05, 4.69) is 5.10 Å². The Morgan fingerprint density at radius 1 is 1.17 bits per heavy atom. The zero-order valence-corrected chi connectivity index (χ0v) is 14.9. The average Bonchev–Trinajstić information content (AvgIpc) is 2.68. The van der Waals surface area contributed by atoms with Gasteiger partial charge < -0.3 is 4.90 Å². The number of aryl methyl sites for hydroxylation is 2. The fourth-order valence-electron chi connectivity index (χ4n) is 2.86. The molecule has 1 fully saturated rings. The van der Waals surface area contributed by atoms with Gasteiger partial charge in [-0.3, -0.25) is 9.48 Å². The van der Waals surface area contributed by atoms with Crippen LogP contribution in [-0.2, 0) is 21.9 Å². The van der Waals surface area contributed by atoms with Gasteiger partial charge in [0.2, 0.25) is 15.9 Å². The Balaban J connectivity index is 2.23. The predicted molar refractivity (Wildman–Crippen MR) is 87.5 cm³/mol. The molecule has 0 aliphatic carbocycles. The Bertz CT molecular complexity index is 721. The van der Waals surface area contributed by atoms with Crippen LogP contribution in [0.5, 0.6) is 0 Å². The number of amides is 1. The summed E-state index contributed by atoms with van der Waals surface area (Å²) in [5, 5.41) is 4.20. The maximum absolute atomic E-state index is 13.0. The topological polar surface area (TPSA) is 75.5 Å². The van der Waals surface area contributed by atoms with Crippen LogP contribution in [0.25, 0.3) is 0 Å². The van der Waals surface area contributed by atoms with Crippen LogP contribution in [0.15, 0.2) is 17.0 Å². The number of nitrogens with zero attached hydrogens (tertiary/aromatic N) is 4. The summed E-state index contributed by atoms with van der Waals surface area (Å²) in [6, 6.07) is 0. The molecule has 1 amide bonds. The molecule has 0 N–H and O–H groups in total. The Labute approximate surface area is 137 Å². The van der Waals surface area contributed by atoms with E-state index in [9.17, 15) is 13.2 Å². The van der Waals surface area contributed by atoms with Crippen molar-refractivity contribution < 1.29 is 13.2 Å². The summed E-state index contributed by atoms with van der Waals surface area (Å²) >= 11 is 0. The quantitative estimate of drug-likeness (QED) is 0.764. The van der Waals surface area contributed by atoms with Crippen molar-refractivity contribution in [2.75, 3.05) is 26.2 Å². The SMILES string of the molecule is CC=CC(=O)N1CCCN(S(=O)(=O)c2c(C)nn(C)c2C)CC1. The molecule has 23 heavy (non-hydrogen) atoms. The van der Waals surface area contributed by atoms with Crippen LogP contribution in [0.1, 0.15) is 24.7 Å². The second-order valence-electron chi connectivity index (χ2n) is 5.71. The van der Waals surface area contributed by atoms with E-state index in [4.69, 9.17) is 0 Å². The molecule has 8 heteroatoms. The molecule has 2 heterocycles. The first kappa shape index (κ1) is 17.7. The molecule has 0 saturated carbocycles. The van der Waals surface area contributed by atoms with Crippen molar-refractivity contribution in [1.29, 1.82) is 0 Å². The van der Waals surface area contributed by atoms with Crippen molar-refractivity contribution in [1.82, 2.24) is 19.0 Å². The summed E-state index contributed by atoms with van der Waals surface area (Å²) in [4.78, 5) is 13.9. The standard InChI is InChI=1S/C15H24N4O3S/c1-5-7-14(20)18-8-6-9-19(11-10-18)23(21,22)15-12(2)16-17(4)13(15)3/h5,7H,6,8-11H2,1-4H3. The van der Waals surface area contributed by atoms with Gasteiger partial charge in [0, 0.05) is 33.2 Å². The maximum Gasteiger partial charge on any atom is 0.246 e. The lowest BCUT2D eigenvalue weighted by molar-refractivity contribution is -0.125. The molecule has 0 spiro atoms. The molecule has 1 aromatic rings. The molecular weight excluding hydrogens is 316 g/mol. The van der Waals surface area contributed by atoms with Gasteiger partial charge in [-0.25, -0.2) is 8.42 Å². The van der Waals surface area contributed by atoms with E-state index in [1.165, 1.54) is 10.4 Å². The Morgan fingerprint density at radius 2 is 1.87 bits per heavy atom. The number of rotatable bonds is 3. The monoisotopic (exact) mass is 340 g/mol. The van der Waals surface area contributed by atoms with Crippen molar-refractivity contribution >= 4 is 15.9 Å². The number of sulfonamides is 1. The normalized spacial score (nSPS) is 17.7. The third-order valence-corrected chi connectivity index (χ3v) is 6.27. The molecule has 1 aliphatic rings. The second kappa shape index (κ2) is 6.84. The molecule has 1 saturated heterocycles. The lowest BCUT2D eigenvalue weighted by Crippen LogP contribution is -2.37. The van der Waals surface area contributed by atoms with E-state index in [1.807, 2.05) is 0 Å². The van der Waals surface area contributed by atoms with Crippen LogP contribution in [0.4, 0.5) is 0 Å². The van der Waals surface area contributed by atoms with Crippen LogP contribution < -0.4 is 0 Å². The number of carbonyl (C=O) groups excluding carboxylic acids is 1. The van der Waals surface area contributed by atoms with Gasteiger partial charge in [-0.2, -0.15) is 9.40 Å². The summed E-state index contributed by atoms with van der Waals surface area (Å²) in [6.45, 7) is 6.95. The summed E-state index contributed by atoms with van der Waals surface area (Å²) in [7, 11) is -1.86. The van der Waals surface area contributed by atoms with Gasteiger partial charge in [-0.15, -0.1) is 0 Å². The van der Waals surface area contributed by atoms with Gasteiger partial charge in [0.15, 0.2) is 0 Å². The molecule has 2 rings (SSSR count). The van der Waals surface area contributed by atoms with Crippen LogP contribution >= 0.6 is 0 Å². The van der Waals surface area contributed by atoms with E-state index >= 15 is 0 Å². The summed E-state index contributed by atoms with van der Waals surface area (Å²) in [5.41, 5.74) is 1.14.